The molecule has 1 aromatic rings. The van der Waals surface area contributed by atoms with Gasteiger partial charge in [-0.25, -0.2) is 4.98 Å². The molecule has 0 spiro atoms. The molecule has 1 aromatic heterocycles. The van der Waals surface area contributed by atoms with Crippen LogP contribution in [0.1, 0.15) is 42.2 Å². The lowest BCUT2D eigenvalue weighted by atomic mass is 10.2. The third-order valence-corrected chi connectivity index (χ3v) is 5.35. The predicted molar refractivity (Wildman–Crippen MR) is 80.9 cm³/mol. The van der Waals surface area contributed by atoms with E-state index >= 15 is 0 Å². The Hall–Kier alpha value is -0.650. The Kier molecular flexibility index (Phi) is 4.05. The van der Waals surface area contributed by atoms with Gasteiger partial charge in [-0.3, -0.25) is 0 Å². The molecule has 1 aliphatic heterocycles. The molecule has 106 valence electrons. The molecule has 0 amide bonds. The number of anilines is 1. The number of hydrogen-bond acceptors (Lipinski definition) is 5. The number of nitrogens with two attached hydrogens (primary N) is 1. The lowest BCUT2D eigenvalue weighted by molar-refractivity contribution is 0.346. The van der Waals surface area contributed by atoms with E-state index in [1.165, 1.54) is 49.3 Å². The van der Waals surface area contributed by atoms with Gasteiger partial charge in [0.05, 0.1) is 5.69 Å². The molecule has 0 radical (unpaired) electrons. The lowest BCUT2D eigenvalue weighted by Crippen LogP contribution is -2.31. The highest BCUT2D eigenvalue weighted by Crippen LogP contribution is 2.43. The molecule has 3 rings (SSSR count). The van der Waals surface area contributed by atoms with Gasteiger partial charge in [-0.1, -0.05) is 0 Å². The quantitative estimate of drug-likeness (QED) is 0.866. The van der Waals surface area contributed by atoms with Gasteiger partial charge in [0.15, 0.2) is 5.13 Å². The van der Waals surface area contributed by atoms with E-state index in [-0.39, 0.29) is 0 Å². The normalized spacial score (nSPS) is 20.1. The van der Waals surface area contributed by atoms with Crippen molar-refractivity contribution in [1.82, 2.24) is 9.88 Å². The Bertz CT molecular complexity index is 421. The average molecular weight is 280 g/mol. The van der Waals surface area contributed by atoms with Crippen molar-refractivity contribution in [1.29, 1.82) is 0 Å². The lowest BCUT2D eigenvalue weighted by Gasteiger charge is -2.20. The fourth-order valence-corrected chi connectivity index (χ4v) is 3.74. The minimum Gasteiger partial charge on any atom is -0.350 e. The minimum atomic E-state index is 0.642. The van der Waals surface area contributed by atoms with Crippen LogP contribution in [-0.2, 0) is 6.54 Å². The van der Waals surface area contributed by atoms with Crippen LogP contribution in [0.2, 0.25) is 0 Å². The summed E-state index contributed by atoms with van der Waals surface area (Å²) in [6.07, 6.45) is 5.33. The van der Waals surface area contributed by atoms with Crippen LogP contribution < -0.4 is 10.6 Å². The molecular weight excluding hydrogens is 256 g/mol. The topological polar surface area (TPSA) is 45.4 Å². The highest BCUT2D eigenvalue weighted by molar-refractivity contribution is 7.15. The van der Waals surface area contributed by atoms with E-state index in [9.17, 15) is 0 Å². The maximum absolute atomic E-state index is 5.85. The molecule has 2 aliphatic rings. The fourth-order valence-electron chi connectivity index (χ4n) is 2.73. The number of rotatable bonds is 6. The summed E-state index contributed by atoms with van der Waals surface area (Å²) in [6.45, 7) is 5.41. The molecule has 19 heavy (non-hydrogen) atoms. The SMILES string of the molecule is CN(CCN1CCCC1)c1nc(C2CC2)c(CN)s1. The van der Waals surface area contributed by atoms with Crippen LogP contribution >= 0.6 is 11.3 Å². The summed E-state index contributed by atoms with van der Waals surface area (Å²) in [6, 6.07) is 0. The van der Waals surface area contributed by atoms with Gasteiger partial charge in [0.25, 0.3) is 0 Å². The van der Waals surface area contributed by atoms with Crippen molar-refractivity contribution in [2.45, 2.75) is 38.1 Å². The van der Waals surface area contributed by atoms with Crippen molar-refractivity contribution >= 4 is 16.5 Å². The van der Waals surface area contributed by atoms with E-state index in [1.807, 2.05) is 0 Å². The number of likely N-dealkylation sites (N-methyl/N-ethyl adjacent to an activating group) is 1. The second kappa shape index (κ2) is 5.77. The highest BCUT2D eigenvalue weighted by atomic mass is 32.1. The van der Waals surface area contributed by atoms with Crippen molar-refractivity contribution < 1.29 is 0 Å². The molecule has 2 N–H and O–H groups in total. The first kappa shape index (κ1) is 13.3. The van der Waals surface area contributed by atoms with Crippen LogP contribution in [-0.4, -0.2) is 43.1 Å². The van der Waals surface area contributed by atoms with Crippen LogP contribution in [0.25, 0.3) is 0 Å². The van der Waals surface area contributed by atoms with Crippen LogP contribution in [0.4, 0.5) is 5.13 Å². The van der Waals surface area contributed by atoms with E-state index < -0.39 is 0 Å². The second-order valence-electron chi connectivity index (χ2n) is 5.75. The monoisotopic (exact) mass is 280 g/mol. The Morgan fingerprint density at radius 3 is 2.74 bits per heavy atom. The summed E-state index contributed by atoms with van der Waals surface area (Å²) in [5, 5.41) is 1.15. The number of aromatic nitrogens is 1. The summed E-state index contributed by atoms with van der Waals surface area (Å²) in [5.74, 6) is 0.704. The van der Waals surface area contributed by atoms with E-state index in [0.717, 1.165) is 18.2 Å². The van der Waals surface area contributed by atoms with Crippen LogP contribution in [0, 0.1) is 0 Å². The molecule has 1 aliphatic carbocycles. The Labute approximate surface area is 119 Å². The smallest absolute Gasteiger partial charge is 0.185 e. The average Bonchev–Trinajstić information content (AvgIpc) is 2.98. The van der Waals surface area contributed by atoms with Gasteiger partial charge in [-0.05, 0) is 38.8 Å². The molecule has 2 heterocycles. The zero-order valence-corrected chi connectivity index (χ0v) is 12.6. The van der Waals surface area contributed by atoms with Crippen molar-refractivity contribution in [2.75, 3.05) is 38.1 Å². The molecule has 1 saturated heterocycles. The Morgan fingerprint density at radius 2 is 2.11 bits per heavy atom. The van der Waals surface area contributed by atoms with Gasteiger partial charge >= 0.3 is 0 Å². The Balaban J connectivity index is 1.60. The zero-order valence-electron chi connectivity index (χ0n) is 11.8. The van der Waals surface area contributed by atoms with E-state index in [4.69, 9.17) is 10.7 Å². The number of likely N-dealkylation sites (tertiary alicyclic amines) is 1. The van der Waals surface area contributed by atoms with Crippen LogP contribution in [0.5, 0.6) is 0 Å². The summed E-state index contributed by atoms with van der Waals surface area (Å²) in [4.78, 5) is 11.0. The summed E-state index contributed by atoms with van der Waals surface area (Å²) >= 11 is 1.79. The minimum absolute atomic E-state index is 0.642. The van der Waals surface area contributed by atoms with Gasteiger partial charge in [0.2, 0.25) is 0 Å². The van der Waals surface area contributed by atoms with Gasteiger partial charge in [0.1, 0.15) is 0 Å². The summed E-state index contributed by atoms with van der Waals surface area (Å²) in [5.41, 5.74) is 7.13. The van der Waals surface area contributed by atoms with Crippen LogP contribution in [0.3, 0.4) is 0 Å². The predicted octanol–water partition coefficient (Wildman–Crippen LogP) is 2.01. The molecular formula is C14H24N4S. The zero-order chi connectivity index (χ0) is 13.2. The third kappa shape index (κ3) is 3.09. The maximum atomic E-state index is 5.85. The van der Waals surface area contributed by atoms with Gasteiger partial charge in [-0.15, -0.1) is 11.3 Å². The van der Waals surface area contributed by atoms with Crippen molar-refractivity contribution in [3.8, 4) is 0 Å². The van der Waals surface area contributed by atoms with Gasteiger partial charge in [0, 0.05) is 37.5 Å². The molecule has 0 bridgehead atoms. The fraction of sp³-hybridized carbons (Fsp3) is 0.786. The second-order valence-corrected chi connectivity index (χ2v) is 6.82. The van der Waals surface area contributed by atoms with Gasteiger partial charge < -0.3 is 15.5 Å². The first-order valence-corrected chi connectivity index (χ1v) is 8.22. The number of thiazole rings is 1. The van der Waals surface area contributed by atoms with Crippen molar-refractivity contribution in [2.24, 2.45) is 5.73 Å². The molecule has 0 atom stereocenters. The number of hydrogen-bond donors (Lipinski definition) is 1. The van der Waals surface area contributed by atoms with Gasteiger partial charge in [-0.2, -0.15) is 0 Å². The molecule has 2 fully saturated rings. The molecule has 4 nitrogen and oxygen atoms in total. The van der Waals surface area contributed by atoms with E-state index in [1.54, 1.807) is 11.3 Å². The first-order valence-electron chi connectivity index (χ1n) is 7.41. The molecule has 1 saturated carbocycles. The molecule has 0 unspecified atom stereocenters. The van der Waals surface area contributed by atoms with Crippen molar-refractivity contribution in [3.63, 3.8) is 0 Å². The summed E-state index contributed by atoms with van der Waals surface area (Å²) < 4.78 is 0. The maximum Gasteiger partial charge on any atom is 0.185 e. The van der Waals surface area contributed by atoms with Crippen LogP contribution in [0.15, 0.2) is 0 Å². The molecule has 5 heteroatoms. The molecule has 0 aromatic carbocycles. The van der Waals surface area contributed by atoms with E-state index in [0.29, 0.717) is 12.5 Å². The third-order valence-electron chi connectivity index (χ3n) is 4.14. The highest BCUT2D eigenvalue weighted by Gasteiger charge is 2.29. The number of nitrogens with zero attached hydrogens (tertiary/aromatic N) is 3. The largest absolute Gasteiger partial charge is 0.350 e. The Morgan fingerprint density at radius 1 is 1.37 bits per heavy atom. The first-order chi connectivity index (χ1) is 9.28. The van der Waals surface area contributed by atoms with Crippen molar-refractivity contribution in [3.05, 3.63) is 10.6 Å². The summed E-state index contributed by atoms with van der Waals surface area (Å²) in [7, 11) is 2.16. The van der Waals surface area contributed by atoms with E-state index in [2.05, 4.69) is 16.8 Å². The standard InChI is InChI=1S/C14H24N4S/c1-17(8-9-18-6-2-3-7-18)14-16-13(11-4-5-11)12(10-15)19-14/h11H,2-10,15H2,1H3.